The van der Waals surface area contributed by atoms with Crippen LogP contribution in [0, 0.1) is 17.7 Å². The molecule has 0 unspecified atom stereocenters. The Morgan fingerprint density at radius 1 is 1.60 bits per heavy atom. The number of hydrogen-bond acceptors (Lipinski definition) is 2. The fraction of sp³-hybridized carbons (Fsp3) is 0.111. The molecule has 0 aliphatic carbocycles. The molecular formula is C9H5ClFN3O. The molecule has 0 aliphatic heterocycles. The van der Waals surface area contributed by atoms with Gasteiger partial charge < -0.3 is 5.11 Å². The molecular weight excluding hydrogens is 221 g/mol. The van der Waals surface area contributed by atoms with Gasteiger partial charge in [-0.3, -0.25) is 0 Å². The Balaban J connectivity index is 3.02. The molecule has 0 saturated heterocycles. The third kappa shape index (κ3) is 3.06. The molecule has 0 radical (unpaired) electrons. The highest BCUT2D eigenvalue weighted by Crippen LogP contribution is 2.27. The first-order valence-electron chi connectivity index (χ1n) is 3.83. The SMILES string of the molecule is [N-]=[N+]=NCC#Cc1cc(F)cc(Cl)c1O. The van der Waals surface area contributed by atoms with Crippen molar-refractivity contribution in [3.63, 3.8) is 0 Å². The molecule has 0 spiro atoms. The molecule has 0 amide bonds. The first-order valence-corrected chi connectivity index (χ1v) is 4.20. The van der Waals surface area contributed by atoms with Crippen molar-refractivity contribution in [2.24, 2.45) is 5.11 Å². The Hall–Kier alpha value is -1.89. The molecule has 0 fully saturated rings. The summed E-state index contributed by atoms with van der Waals surface area (Å²) in [6.07, 6.45) is 0. The lowest BCUT2D eigenvalue weighted by Crippen LogP contribution is -1.82. The van der Waals surface area contributed by atoms with E-state index in [0.29, 0.717) is 0 Å². The second kappa shape index (κ2) is 5.11. The number of benzene rings is 1. The van der Waals surface area contributed by atoms with Crippen LogP contribution in [0.25, 0.3) is 10.4 Å². The van der Waals surface area contributed by atoms with Gasteiger partial charge in [-0.1, -0.05) is 28.6 Å². The summed E-state index contributed by atoms with van der Waals surface area (Å²) >= 11 is 5.52. The molecule has 0 aliphatic rings. The van der Waals surface area contributed by atoms with E-state index in [1.807, 2.05) is 0 Å². The minimum Gasteiger partial charge on any atom is -0.505 e. The first kappa shape index (κ1) is 11.2. The smallest absolute Gasteiger partial charge is 0.149 e. The van der Waals surface area contributed by atoms with Crippen LogP contribution in [-0.4, -0.2) is 11.7 Å². The molecule has 1 N–H and O–H groups in total. The van der Waals surface area contributed by atoms with Gasteiger partial charge in [-0.05, 0) is 17.7 Å². The van der Waals surface area contributed by atoms with Crippen molar-refractivity contribution in [1.82, 2.24) is 0 Å². The summed E-state index contributed by atoms with van der Waals surface area (Å²) in [5, 5.41) is 12.4. The summed E-state index contributed by atoms with van der Waals surface area (Å²) in [5.74, 6) is 4.00. The van der Waals surface area contributed by atoms with Crippen molar-refractivity contribution in [3.05, 3.63) is 39.0 Å². The highest BCUT2D eigenvalue weighted by molar-refractivity contribution is 6.32. The predicted molar refractivity (Wildman–Crippen MR) is 54.0 cm³/mol. The number of phenolic OH excluding ortho intramolecular Hbond substituents is 1. The lowest BCUT2D eigenvalue weighted by atomic mass is 10.2. The molecule has 0 saturated carbocycles. The number of halogens is 2. The maximum atomic E-state index is 12.8. The molecule has 15 heavy (non-hydrogen) atoms. The summed E-state index contributed by atoms with van der Waals surface area (Å²) in [6.45, 7) is -0.0515. The van der Waals surface area contributed by atoms with Gasteiger partial charge in [-0.25, -0.2) is 4.39 Å². The van der Waals surface area contributed by atoms with Crippen molar-refractivity contribution in [1.29, 1.82) is 0 Å². The number of azide groups is 1. The zero-order valence-corrected chi connectivity index (χ0v) is 8.16. The van der Waals surface area contributed by atoms with Gasteiger partial charge in [-0.2, -0.15) is 0 Å². The molecule has 0 heterocycles. The lowest BCUT2D eigenvalue weighted by Gasteiger charge is -1.99. The molecule has 76 valence electrons. The van der Waals surface area contributed by atoms with Gasteiger partial charge in [0.2, 0.25) is 0 Å². The van der Waals surface area contributed by atoms with E-state index < -0.39 is 5.82 Å². The zero-order valence-electron chi connectivity index (χ0n) is 7.41. The maximum absolute atomic E-state index is 12.8. The molecule has 0 bridgehead atoms. The number of hydrogen-bond donors (Lipinski definition) is 1. The van der Waals surface area contributed by atoms with E-state index in [4.69, 9.17) is 17.1 Å². The predicted octanol–water partition coefficient (Wildman–Crippen LogP) is 2.85. The molecule has 4 nitrogen and oxygen atoms in total. The second-order valence-electron chi connectivity index (χ2n) is 2.47. The fourth-order valence-electron chi connectivity index (χ4n) is 0.863. The van der Waals surface area contributed by atoms with Gasteiger partial charge in [0.1, 0.15) is 11.6 Å². The topological polar surface area (TPSA) is 69.0 Å². The van der Waals surface area contributed by atoms with Gasteiger partial charge in [-0.15, -0.1) is 0 Å². The molecule has 1 rings (SSSR count). The van der Waals surface area contributed by atoms with Crippen LogP contribution in [0.4, 0.5) is 4.39 Å². The van der Waals surface area contributed by atoms with E-state index in [9.17, 15) is 9.50 Å². The third-order valence-electron chi connectivity index (χ3n) is 1.46. The average Bonchev–Trinajstić information content (AvgIpc) is 2.19. The van der Waals surface area contributed by atoms with Crippen LogP contribution in [0.1, 0.15) is 5.56 Å². The maximum Gasteiger partial charge on any atom is 0.149 e. The Morgan fingerprint density at radius 3 is 3.00 bits per heavy atom. The van der Waals surface area contributed by atoms with Crippen molar-refractivity contribution < 1.29 is 9.50 Å². The van der Waals surface area contributed by atoms with Crippen molar-refractivity contribution in [2.75, 3.05) is 6.54 Å². The highest BCUT2D eigenvalue weighted by atomic mass is 35.5. The van der Waals surface area contributed by atoms with Gasteiger partial charge in [0.15, 0.2) is 0 Å². The van der Waals surface area contributed by atoms with E-state index in [2.05, 4.69) is 21.9 Å². The Morgan fingerprint density at radius 2 is 2.33 bits per heavy atom. The number of rotatable bonds is 1. The molecule has 0 atom stereocenters. The van der Waals surface area contributed by atoms with Crippen molar-refractivity contribution in [2.45, 2.75) is 0 Å². The number of phenols is 1. The van der Waals surface area contributed by atoms with Crippen LogP contribution in [0.15, 0.2) is 17.2 Å². The first-order chi connectivity index (χ1) is 7.15. The van der Waals surface area contributed by atoms with Crippen LogP contribution in [-0.2, 0) is 0 Å². The van der Waals surface area contributed by atoms with E-state index >= 15 is 0 Å². The van der Waals surface area contributed by atoms with Gasteiger partial charge >= 0.3 is 0 Å². The minimum atomic E-state index is -0.592. The Labute approximate surface area is 89.9 Å². The van der Waals surface area contributed by atoms with Crippen molar-refractivity contribution in [3.8, 4) is 17.6 Å². The average molecular weight is 226 g/mol. The Kier molecular flexibility index (Phi) is 3.81. The summed E-state index contributed by atoms with van der Waals surface area (Å²) < 4.78 is 12.8. The van der Waals surface area contributed by atoms with Crippen LogP contribution in [0.2, 0.25) is 5.02 Å². The van der Waals surface area contributed by atoms with E-state index in [1.54, 1.807) is 0 Å². The van der Waals surface area contributed by atoms with Gasteiger partial charge in [0.05, 0.1) is 17.1 Å². The standard InChI is InChI=1S/C9H5ClFN3O/c10-8-5-7(11)4-6(9(8)15)2-1-3-13-14-12/h4-5,15H,3H2. The van der Waals surface area contributed by atoms with E-state index in [0.717, 1.165) is 12.1 Å². The number of nitrogens with zero attached hydrogens (tertiary/aromatic N) is 3. The Bertz CT molecular complexity index is 486. The van der Waals surface area contributed by atoms with Crippen LogP contribution in [0.5, 0.6) is 5.75 Å². The lowest BCUT2D eigenvalue weighted by molar-refractivity contribution is 0.471. The summed E-state index contributed by atoms with van der Waals surface area (Å²) in [7, 11) is 0. The summed E-state index contributed by atoms with van der Waals surface area (Å²) in [6, 6.07) is 2.03. The third-order valence-corrected chi connectivity index (χ3v) is 1.75. The molecule has 0 aromatic heterocycles. The van der Waals surface area contributed by atoms with Crippen LogP contribution < -0.4 is 0 Å². The van der Waals surface area contributed by atoms with Crippen molar-refractivity contribution >= 4 is 11.6 Å². The van der Waals surface area contributed by atoms with E-state index in [1.165, 1.54) is 0 Å². The molecule has 1 aromatic carbocycles. The zero-order chi connectivity index (χ0) is 11.3. The normalized spacial score (nSPS) is 8.67. The van der Waals surface area contributed by atoms with E-state index in [-0.39, 0.29) is 22.9 Å². The summed E-state index contributed by atoms with van der Waals surface area (Å²) in [4.78, 5) is 2.48. The monoisotopic (exact) mass is 225 g/mol. The second-order valence-corrected chi connectivity index (χ2v) is 2.88. The van der Waals surface area contributed by atoms with Gasteiger partial charge in [0, 0.05) is 4.91 Å². The molecule has 1 aromatic rings. The fourth-order valence-corrected chi connectivity index (χ4v) is 1.07. The quantitative estimate of drug-likeness (QED) is 0.340. The van der Waals surface area contributed by atoms with Crippen LogP contribution >= 0.6 is 11.6 Å². The highest BCUT2D eigenvalue weighted by Gasteiger charge is 2.05. The number of aromatic hydroxyl groups is 1. The van der Waals surface area contributed by atoms with Gasteiger partial charge in [0.25, 0.3) is 0 Å². The summed E-state index contributed by atoms with van der Waals surface area (Å²) in [5.41, 5.74) is 8.03. The molecule has 6 heteroatoms. The van der Waals surface area contributed by atoms with Crippen LogP contribution in [0.3, 0.4) is 0 Å². The largest absolute Gasteiger partial charge is 0.505 e. The minimum absolute atomic E-state index is 0.0515.